The van der Waals surface area contributed by atoms with E-state index < -0.39 is 0 Å². The van der Waals surface area contributed by atoms with Crippen LogP contribution in [0.1, 0.15) is 12.7 Å². The number of hydrogen-bond donors (Lipinski definition) is 1. The van der Waals surface area contributed by atoms with Gasteiger partial charge < -0.3 is 10.5 Å². The summed E-state index contributed by atoms with van der Waals surface area (Å²) in [4.78, 5) is 13.4. The molecule has 0 spiro atoms. The largest absolute Gasteiger partial charge is 0.496 e. The Bertz CT molecular complexity index is 935. The van der Waals surface area contributed by atoms with Gasteiger partial charge in [0, 0.05) is 28.6 Å². The number of allylic oxidation sites excluding steroid dienone is 5. The first-order valence-electron chi connectivity index (χ1n) is 6.96. The Kier molecular flexibility index (Phi) is 2.63. The summed E-state index contributed by atoms with van der Waals surface area (Å²) in [7, 11) is 1.61. The number of nitrogen functional groups attached to an aromatic ring is 1. The van der Waals surface area contributed by atoms with Gasteiger partial charge in [0.25, 0.3) is 0 Å². The van der Waals surface area contributed by atoms with Crippen LogP contribution >= 0.6 is 0 Å². The number of methoxy groups -OCH3 is 1. The van der Waals surface area contributed by atoms with Gasteiger partial charge in [-0.15, -0.1) is 0 Å². The minimum absolute atomic E-state index is 0.424. The number of nitrogens with zero attached hydrogens (tertiary/aromatic N) is 3. The number of nitrogens with two attached hydrogens (primary N) is 1. The monoisotopic (exact) mass is 290 g/mol. The Morgan fingerprint density at radius 2 is 1.95 bits per heavy atom. The number of ether oxygens (including phenoxy) is 1. The van der Waals surface area contributed by atoms with Crippen LogP contribution in [0.25, 0.3) is 16.5 Å². The second kappa shape index (κ2) is 4.53. The minimum atomic E-state index is 0.424. The third-order valence-electron chi connectivity index (χ3n) is 3.90. The molecule has 1 aromatic heterocycles. The highest BCUT2D eigenvalue weighted by Crippen LogP contribution is 2.35. The highest BCUT2D eigenvalue weighted by atomic mass is 16.5. The lowest BCUT2D eigenvalue weighted by Crippen LogP contribution is -2.01. The van der Waals surface area contributed by atoms with E-state index in [-0.39, 0.29) is 0 Å². The Hall–Kier alpha value is -2.95. The predicted molar refractivity (Wildman–Crippen MR) is 87.8 cm³/mol. The molecule has 22 heavy (non-hydrogen) atoms. The van der Waals surface area contributed by atoms with Crippen LogP contribution in [0.5, 0.6) is 5.75 Å². The lowest BCUT2D eigenvalue weighted by atomic mass is 10.1. The van der Waals surface area contributed by atoms with Crippen molar-refractivity contribution in [2.24, 2.45) is 4.99 Å². The molecule has 2 aromatic rings. The second-order valence-corrected chi connectivity index (χ2v) is 5.24. The molecule has 5 heteroatoms. The Balaban J connectivity index is 1.87. The maximum atomic E-state index is 6.13. The molecule has 2 N–H and O–H groups in total. The van der Waals surface area contributed by atoms with E-state index >= 15 is 0 Å². The standard InChI is InChI=1S/C17H14N4O/c1-9-12-7-10(6-11(12)8-19-9)17-20-13-4-3-5-14(22-2)15(13)16(18)21-17/h3-8H,1-2H3,(H2,18,20,21). The van der Waals surface area contributed by atoms with Gasteiger partial charge in [0.1, 0.15) is 11.6 Å². The summed E-state index contributed by atoms with van der Waals surface area (Å²) in [5.74, 6) is 1.73. The number of benzene rings is 1. The van der Waals surface area contributed by atoms with E-state index in [1.165, 1.54) is 0 Å². The van der Waals surface area contributed by atoms with Crippen LogP contribution in [0.15, 0.2) is 52.7 Å². The molecule has 2 heterocycles. The van der Waals surface area contributed by atoms with E-state index in [2.05, 4.69) is 21.0 Å². The first-order chi connectivity index (χ1) is 10.7. The van der Waals surface area contributed by atoms with Gasteiger partial charge in [-0.25, -0.2) is 9.97 Å². The molecule has 108 valence electrons. The molecular formula is C17H14N4O. The minimum Gasteiger partial charge on any atom is -0.496 e. The third-order valence-corrected chi connectivity index (χ3v) is 3.90. The molecule has 0 radical (unpaired) electrons. The smallest absolute Gasteiger partial charge is 0.162 e. The van der Waals surface area contributed by atoms with Gasteiger partial charge in [0.15, 0.2) is 5.82 Å². The number of fused-ring (bicyclic) bond motifs is 2. The van der Waals surface area contributed by atoms with Crippen molar-refractivity contribution in [3.05, 3.63) is 53.5 Å². The zero-order valence-corrected chi connectivity index (χ0v) is 12.3. The molecule has 2 aliphatic rings. The van der Waals surface area contributed by atoms with E-state index in [0.29, 0.717) is 17.4 Å². The first kappa shape index (κ1) is 12.8. The van der Waals surface area contributed by atoms with Gasteiger partial charge in [-0.05, 0) is 31.2 Å². The van der Waals surface area contributed by atoms with Gasteiger partial charge in [0.2, 0.25) is 0 Å². The lowest BCUT2D eigenvalue weighted by Gasteiger charge is -2.08. The predicted octanol–water partition coefficient (Wildman–Crippen LogP) is 2.90. The average molecular weight is 290 g/mol. The van der Waals surface area contributed by atoms with Crippen molar-refractivity contribution >= 4 is 28.0 Å². The van der Waals surface area contributed by atoms with Crippen LogP contribution in [0.4, 0.5) is 5.82 Å². The molecule has 0 bridgehead atoms. The number of aromatic nitrogens is 2. The van der Waals surface area contributed by atoms with E-state index in [9.17, 15) is 0 Å². The van der Waals surface area contributed by atoms with Gasteiger partial charge in [-0.3, -0.25) is 4.99 Å². The van der Waals surface area contributed by atoms with Crippen LogP contribution in [-0.2, 0) is 0 Å². The molecule has 0 unspecified atom stereocenters. The quantitative estimate of drug-likeness (QED) is 0.923. The SMILES string of the molecule is COc1cccc2nc(C3=CC4=CN=C(C)C4=C3)nc(N)c12. The number of hydrogen-bond acceptors (Lipinski definition) is 5. The van der Waals surface area contributed by atoms with Crippen LogP contribution in [0, 0.1) is 0 Å². The highest BCUT2D eigenvalue weighted by Gasteiger charge is 2.21. The molecular weight excluding hydrogens is 276 g/mol. The van der Waals surface area contributed by atoms with Crippen molar-refractivity contribution in [2.75, 3.05) is 12.8 Å². The summed E-state index contributed by atoms with van der Waals surface area (Å²) in [6, 6.07) is 5.66. The van der Waals surface area contributed by atoms with Crippen LogP contribution in [-0.4, -0.2) is 22.8 Å². The molecule has 1 aliphatic carbocycles. The highest BCUT2D eigenvalue weighted by molar-refractivity contribution is 6.10. The summed E-state index contributed by atoms with van der Waals surface area (Å²) in [5, 5.41) is 0.747. The molecule has 1 aliphatic heterocycles. The zero-order chi connectivity index (χ0) is 15.3. The Morgan fingerprint density at radius 1 is 1.09 bits per heavy atom. The summed E-state index contributed by atoms with van der Waals surface area (Å²) < 4.78 is 5.34. The third kappa shape index (κ3) is 1.75. The maximum Gasteiger partial charge on any atom is 0.162 e. The van der Waals surface area contributed by atoms with Crippen molar-refractivity contribution in [2.45, 2.75) is 6.92 Å². The fourth-order valence-electron chi connectivity index (χ4n) is 2.79. The van der Waals surface area contributed by atoms with Crippen molar-refractivity contribution in [1.82, 2.24) is 9.97 Å². The van der Waals surface area contributed by atoms with Crippen molar-refractivity contribution in [1.29, 1.82) is 0 Å². The molecule has 0 saturated heterocycles. The van der Waals surface area contributed by atoms with E-state index in [0.717, 1.165) is 33.3 Å². The molecule has 0 amide bonds. The average Bonchev–Trinajstić information content (AvgIpc) is 3.09. The van der Waals surface area contributed by atoms with Gasteiger partial charge in [-0.2, -0.15) is 0 Å². The summed E-state index contributed by atoms with van der Waals surface area (Å²) in [5.41, 5.74) is 11.1. The van der Waals surface area contributed by atoms with Gasteiger partial charge >= 0.3 is 0 Å². The van der Waals surface area contributed by atoms with E-state index in [1.807, 2.05) is 37.4 Å². The lowest BCUT2D eigenvalue weighted by molar-refractivity contribution is 0.420. The molecule has 0 fully saturated rings. The Morgan fingerprint density at radius 3 is 2.73 bits per heavy atom. The van der Waals surface area contributed by atoms with Crippen molar-refractivity contribution in [3.8, 4) is 5.75 Å². The summed E-state index contributed by atoms with van der Waals surface area (Å²) in [6.07, 6.45) is 5.95. The molecule has 4 rings (SSSR count). The van der Waals surface area contributed by atoms with Gasteiger partial charge in [-0.1, -0.05) is 6.07 Å². The zero-order valence-electron chi connectivity index (χ0n) is 12.3. The van der Waals surface area contributed by atoms with Crippen LogP contribution in [0.3, 0.4) is 0 Å². The molecule has 1 aromatic carbocycles. The van der Waals surface area contributed by atoms with Crippen molar-refractivity contribution < 1.29 is 4.74 Å². The molecule has 0 atom stereocenters. The number of anilines is 1. The molecule has 5 nitrogen and oxygen atoms in total. The first-order valence-corrected chi connectivity index (χ1v) is 6.96. The van der Waals surface area contributed by atoms with Gasteiger partial charge in [0.05, 0.1) is 18.0 Å². The fourth-order valence-corrected chi connectivity index (χ4v) is 2.79. The topological polar surface area (TPSA) is 73.4 Å². The summed E-state index contributed by atoms with van der Waals surface area (Å²) in [6.45, 7) is 1.99. The summed E-state index contributed by atoms with van der Waals surface area (Å²) >= 11 is 0. The van der Waals surface area contributed by atoms with E-state index in [4.69, 9.17) is 10.5 Å². The fraction of sp³-hybridized carbons (Fsp3) is 0.118. The normalized spacial score (nSPS) is 16.1. The maximum absolute atomic E-state index is 6.13. The van der Waals surface area contributed by atoms with Crippen molar-refractivity contribution in [3.63, 3.8) is 0 Å². The number of rotatable bonds is 2. The number of aliphatic imine (C=N–C) groups is 1. The van der Waals surface area contributed by atoms with Crippen LogP contribution < -0.4 is 10.5 Å². The Labute approximate surface area is 127 Å². The van der Waals surface area contributed by atoms with Crippen LogP contribution in [0.2, 0.25) is 0 Å². The molecule has 0 saturated carbocycles. The second-order valence-electron chi connectivity index (χ2n) is 5.24. The van der Waals surface area contributed by atoms with E-state index in [1.54, 1.807) is 7.11 Å².